The maximum absolute atomic E-state index is 12.9. The van der Waals surface area contributed by atoms with Gasteiger partial charge in [-0.2, -0.15) is 18.4 Å². The molecule has 16 nitrogen and oxygen atoms in total. The molecule has 0 atom stereocenters. The molecule has 6 aromatic rings. The van der Waals surface area contributed by atoms with Crippen LogP contribution in [0.25, 0.3) is 33.8 Å². The predicted octanol–water partition coefficient (Wildman–Crippen LogP) is 8.90. The molecule has 9 rings (SSSR count). The van der Waals surface area contributed by atoms with Crippen molar-refractivity contribution in [2.75, 3.05) is 54.0 Å². The lowest BCUT2D eigenvalue weighted by Gasteiger charge is -2.27. The second-order valence-electron chi connectivity index (χ2n) is 16.9. The number of benzene rings is 3. The van der Waals surface area contributed by atoms with Gasteiger partial charge >= 0.3 is 6.18 Å². The fourth-order valence-electron chi connectivity index (χ4n) is 8.06. The summed E-state index contributed by atoms with van der Waals surface area (Å²) in [7, 11) is 0. The first-order valence-electron chi connectivity index (χ1n) is 23.0. The molecule has 0 bridgehead atoms. The van der Waals surface area contributed by atoms with Gasteiger partial charge in [-0.1, -0.05) is 53.5 Å². The monoisotopic (exact) mass is 1010 g/mol. The van der Waals surface area contributed by atoms with Crippen molar-refractivity contribution in [1.82, 2.24) is 29.9 Å². The van der Waals surface area contributed by atoms with E-state index < -0.39 is 29.5 Å². The van der Waals surface area contributed by atoms with Crippen molar-refractivity contribution in [3.05, 3.63) is 123 Å². The van der Waals surface area contributed by atoms with Crippen molar-refractivity contribution >= 4 is 58.8 Å². The standard InChI is InChI=1S/C17H17F3N4O.C17H17N5O.C16H16Cl2N4O/c18-17(19,20)12-6-4-5-11(9-12)13-10-14(15(21)25)23-16(22-13)24-7-2-1-3-8-24;18-11-12-4-6-13(7-5-12)14-10-15(16(19)23)21-17(20-14)22-8-2-1-3-9-22;17-11-5-4-10(8-12(11)18)13-9-14(15(19)23)21-16(20-13)22-6-2-1-3-7-22/h4-6,9-10H,1-3,7-8H2,(H2,21,25);4-7,10H,1-3,8-9H2,(H2,19,23);4-5,8-9H,1-3,6-7H2,(H2,19,23). The van der Waals surface area contributed by atoms with E-state index in [1.807, 2.05) is 17.0 Å². The lowest BCUT2D eigenvalue weighted by atomic mass is 10.1. The SMILES string of the molecule is N#Cc1ccc(-c2cc(C(N)=O)nc(N3CCCCC3)n2)cc1.NC(=O)c1cc(-c2ccc(Cl)c(Cl)c2)nc(N2CCCCC2)n1.NC(=O)c1cc(-c2cccc(C(F)(F)F)c2)nc(N2CCCCC2)n1. The van der Waals surface area contributed by atoms with Crippen LogP contribution in [0, 0.1) is 11.3 Å². The van der Waals surface area contributed by atoms with Crippen molar-refractivity contribution in [1.29, 1.82) is 5.26 Å². The van der Waals surface area contributed by atoms with E-state index in [0.29, 0.717) is 44.8 Å². The van der Waals surface area contributed by atoms with E-state index in [2.05, 4.69) is 45.8 Å². The molecule has 0 saturated carbocycles. The van der Waals surface area contributed by atoms with Crippen molar-refractivity contribution in [3.63, 3.8) is 0 Å². The first-order chi connectivity index (χ1) is 34.1. The Balaban J connectivity index is 0.000000157. The van der Waals surface area contributed by atoms with E-state index in [4.69, 9.17) is 45.7 Å². The number of alkyl halides is 3. The van der Waals surface area contributed by atoms with Gasteiger partial charge in [-0.3, -0.25) is 14.4 Å². The van der Waals surface area contributed by atoms with Crippen molar-refractivity contribution < 1.29 is 27.6 Å². The van der Waals surface area contributed by atoms with E-state index in [9.17, 15) is 27.6 Å². The fourth-order valence-corrected chi connectivity index (χ4v) is 8.36. The van der Waals surface area contributed by atoms with Gasteiger partial charge < -0.3 is 31.9 Å². The number of halogens is 5. The molecule has 21 heteroatoms. The number of aromatic nitrogens is 6. The van der Waals surface area contributed by atoms with Crippen LogP contribution in [0.1, 0.15) is 100 Å². The third-order valence-electron chi connectivity index (χ3n) is 11.8. The first kappa shape index (κ1) is 51.4. The fraction of sp³-hybridized carbons (Fsp3) is 0.320. The summed E-state index contributed by atoms with van der Waals surface area (Å²) in [4.78, 5) is 67.2. The summed E-state index contributed by atoms with van der Waals surface area (Å²) in [6, 6.07) is 23.7. The van der Waals surface area contributed by atoms with Crippen LogP contribution < -0.4 is 31.9 Å². The van der Waals surface area contributed by atoms with Crippen LogP contribution in [0.15, 0.2) is 84.9 Å². The van der Waals surface area contributed by atoms with Gasteiger partial charge in [-0.05, 0) is 112 Å². The molecule has 3 fully saturated rings. The minimum absolute atomic E-state index is 0.0111. The van der Waals surface area contributed by atoms with Crippen LogP contribution in [-0.2, 0) is 6.18 Å². The first-order valence-corrected chi connectivity index (χ1v) is 23.8. The lowest BCUT2D eigenvalue weighted by Crippen LogP contribution is -2.31. The summed E-state index contributed by atoms with van der Waals surface area (Å²) in [5.41, 5.74) is 19.7. The number of primary amides is 3. The van der Waals surface area contributed by atoms with Crippen LogP contribution in [-0.4, -0.2) is 86.9 Å². The maximum atomic E-state index is 12.9. The Hall–Kier alpha value is -7.43. The number of hydrogen-bond donors (Lipinski definition) is 3. The molecule has 0 radical (unpaired) electrons. The van der Waals surface area contributed by atoms with Gasteiger partial charge in [0.15, 0.2) is 0 Å². The third kappa shape index (κ3) is 13.7. The van der Waals surface area contributed by atoms with Gasteiger partial charge in [0, 0.05) is 56.0 Å². The molecule has 6 N–H and O–H groups in total. The van der Waals surface area contributed by atoms with Crippen LogP contribution in [0.5, 0.6) is 0 Å². The average molecular weight is 1010 g/mol. The number of carbonyl (C=O) groups excluding carboxylic acids is 3. The summed E-state index contributed by atoms with van der Waals surface area (Å²) in [6.07, 6.45) is 5.37. The summed E-state index contributed by atoms with van der Waals surface area (Å²) in [6.45, 7) is 5.00. The Morgan fingerprint density at radius 1 is 0.493 bits per heavy atom. The molecular formula is C50H50Cl2F3N13O3. The predicted molar refractivity (Wildman–Crippen MR) is 266 cm³/mol. The molecule has 6 heterocycles. The Bertz CT molecular complexity index is 2920. The number of nitriles is 1. The Morgan fingerprint density at radius 2 is 0.873 bits per heavy atom. The topological polar surface area (TPSA) is 240 Å². The van der Waals surface area contributed by atoms with Gasteiger partial charge in [0.2, 0.25) is 17.8 Å². The molecule has 3 aromatic carbocycles. The largest absolute Gasteiger partial charge is 0.416 e. The van der Waals surface area contributed by atoms with E-state index in [-0.39, 0.29) is 28.3 Å². The molecule has 0 aliphatic carbocycles. The second-order valence-corrected chi connectivity index (χ2v) is 17.8. The summed E-state index contributed by atoms with van der Waals surface area (Å²) >= 11 is 12.0. The number of carbonyl (C=O) groups is 3. The third-order valence-corrected chi connectivity index (χ3v) is 12.6. The van der Waals surface area contributed by atoms with Crippen molar-refractivity contribution in [3.8, 4) is 39.8 Å². The number of nitrogens with zero attached hydrogens (tertiary/aromatic N) is 10. The van der Waals surface area contributed by atoms with Gasteiger partial charge in [-0.15, -0.1) is 0 Å². The molecule has 368 valence electrons. The van der Waals surface area contributed by atoms with Crippen LogP contribution >= 0.6 is 23.2 Å². The smallest absolute Gasteiger partial charge is 0.364 e. The van der Waals surface area contributed by atoms with Gasteiger partial charge in [0.25, 0.3) is 17.7 Å². The van der Waals surface area contributed by atoms with E-state index in [1.54, 1.807) is 42.5 Å². The molecule has 0 unspecified atom stereocenters. The van der Waals surface area contributed by atoms with Crippen molar-refractivity contribution in [2.45, 2.75) is 64.0 Å². The number of piperidine rings is 3. The molecule has 3 amide bonds. The quantitative estimate of drug-likeness (QED) is 0.123. The Morgan fingerprint density at radius 3 is 1.24 bits per heavy atom. The average Bonchev–Trinajstić information content (AvgIpc) is 3.40. The van der Waals surface area contributed by atoms with Crippen LogP contribution in [0.4, 0.5) is 31.0 Å². The second kappa shape index (κ2) is 23.5. The molecule has 71 heavy (non-hydrogen) atoms. The highest BCUT2D eigenvalue weighted by Gasteiger charge is 2.31. The molecule has 0 spiro atoms. The number of rotatable bonds is 9. The zero-order chi connectivity index (χ0) is 50.7. The summed E-state index contributed by atoms with van der Waals surface area (Å²) in [5.74, 6) is -0.493. The molecular weight excluding hydrogens is 959 g/mol. The molecule has 3 aliphatic rings. The maximum Gasteiger partial charge on any atom is 0.416 e. The highest BCUT2D eigenvalue weighted by Crippen LogP contribution is 2.33. The minimum atomic E-state index is -4.45. The number of hydrogen-bond acceptors (Lipinski definition) is 13. The normalized spacial score (nSPS) is 14.8. The lowest BCUT2D eigenvalue weighted by molar-refractivity contribution is -0.137. The Labute approximate surface area is 418 Å². The van der Waals surface area contributed by atoms with Crippen molar-refractivity contribution in [2.24, 2.45) is 17.2 Å². The zero-order valence-corrected chi connectivity index (χ0v) is 40.0. The minimum Gasteiger partial charge on any atom is -0.364 e. The van der Waals surface area contributed by atoms with Crippen LogP contribution in [0.2, 0.25) is 10.0 Å². The molecule has 3 saturated heterocycles. The van der Waals surface area contributed by atoms with E-state index >= 15 is 0 Å². The highest BCUT2D eigenvalue weighted by molar-refractivity contribution is 6.42. The van der Waals surface area contributed by atoms with Gasteiger partial charge in [0.1, 0.15) is 17.1 Å². The highest BCUT2D eigenvalue weighted by atomic mass is 35.5. The summed E-state index contributed by atoms with van der Waals surface area (Å²) in [5, 5.41) is 9.79. The van der Waals surface area contributed by atoms with Crippen LogP contribution in [0.3, 0.4) is 0 Å². The zero-order valence-electron chi connectivity index (χ0n) is 38.5. The summed E-state index contributed by atoms with van der Waals surface area (Å²) < 4.78 is 38.8. The van der Waals surface area contributed by atoms with Gasteiger partial charge in [-0.25, -0.2) is 29.9 Å². The number of nitrogens with two attached hydrogens (primary N) is 3. The molecule has 3 aromatic heterocycles. The Kier molecular flexibility index (Phi) is 17.0. The number of anilines is 3. The van der Waals surface area contributed by atoms with E-state index in [0.717, 1.165) is 107 Å². The van der Waals surface area contributed by atoms with E-state index in [1.165, 1.54) is 31.0 Å². The number of amides is 3. The molecule has 3 aliphatic heterocycles. The van der Waals surface area contributed by atoms with Gasteiger partial charge in [0.05, 0.1) is 44.3 Å².